The number of phenols is 1. The van der Waals surface area contributed by atoms with E-state index in [4.69, 9.17) is 0 Å². The van der Waals surface area contributed by atoms with Crippen molar-refractivity contribution in [3.63, 3.8) is 0 Å². The van der Waals surface area contributed by atoms with Crippen LogP contribution in [0.15, 0.2) is 47.6 Å². The van der Waals surface area contributed by atoms with Crippen molar-refractivity contribution >= 4 is 11.6 Å². The summed E-state index contributed by atoms with van der Waals surface area (Å²) in [5, 5.41) is 13.8. The van der Waals surface area contributed by atoms with Crippen molar-refractivity contribution in [1.82, 2.24) is 5.43 Å². The Morgan fingerprint density at radius 2 is 1.95 bits per heavy atom. The van der Waals surface area contributed by atoms with Crippen molar-refractivity contribution in [2.75, 3.05) is 0 Å². The summed E-state index contributed by atoms with van der Waals surface area (Å²) in [5.74, 6) is -0.897. The normalized spacial score (nSPS) is 11.3. The van der Waals surface area contributed by atoms with Gasteiger partial charge < -0.3 is 5.11 Å². The molecule has 0 aromatic heterocycles. The number of hydrogen-bond donors (Lipinski definition) is 2. The van der Waals surface area contributed by atoms with Crippen LogP contribution in [0.4, 0.5) is 4.39 Å². The summed E-state index contributed by atoms with van der Waals surface area (Å²) in [7, 11) is 0. The van der Waals surface area contributed by atoms with Crippen molar-refractivity contribution in [2.24, 2.45) is 5.10 Å². The minimum atomic E-state index is -0.473. The Kier molecular flexibility index (Phi) is 4.88. The van der Waals surface area contributed by atoms with E-state index in [2.05, 4.69) is 10.5 Å². The van der Waals surface area contributed by atoms with Gasteiger partial charge in [-0.05, 0) is 43.2 Å². The lowest BCUT2D eigenvalue weighted by Gasteiger charge is -2.08. The van der Waals surface area contributed by atoms with Gasteiger partial charge in [-0.1, -0.05) is 25.1 Å². The molecule has 0 aliphatic heterocycles. The van der Waals surface area contributed by atoms with E-state index in [1.54, 1.807) is 12.1 Å². The highest BCUT2D eigenvalue weighted by Crippen LogP contribution is 2.20. The molecule has 0 saturated carbocycles. The minimum absolute atomic E-state index is 0.0767. The second-order valence-electron chi connectivity index (χ2n) is 4.83. The van der Waals surface area contributed by atoms with Gasteiger partial charge >= 0.3 is 0 Å². The highest BCUT2D eigenvalue weighted by molar-refractivity contribution is 6.04. The first-order chi connectivity index (χ1) is 10.5. The second kappa shape index (κ2) is 6.85. The largest absolute Gasteiger partial charge is 0.507 e. The number of nitrogens with zero attached hydrogens (tertiary/aromatic N) is 1. The molecule has 0 aliphatic rings. The van der Waals surface area contributed by atoms with Crippen LogP contribution in [0.3, 0.4) is 0 Å². The SMILES string of the molecule is CC/C(=N\NC(=O)c1ccccc1C)c1cc(F)ccc1O. The molecule has 4 nitrogen and oxygen atoms in total. The van der Waals surface area contributed by atoms with E-state index in [-0.39, 0.29) is 17.2 Å². The third-order valence-corrected chi connectivity index (χ3v) is 3.29. The summed E-state index contributed by atoms with van der Waals surface area (Å²) in [5.41, 5.74) is 4.48. The summed E-state index contributed by atoms with van der Waals surface area (Å²) < 4.78 is 13.3. The highest BCUT2D eigenvalue weighted by atomic mass is 19.1. The summed E-state index contributed by atoms with van der Waals surface area (Å²) in [6.07, 6.45) is 0.436. The lowest BCUT2D eigenvalue weighted by molar-refractivity contribution is 0.0954. The number of aromatic hydroxyl groups is 1. The van der Waals surface area contributed by atoms with E-state index in [1.165, 1.54) is 12.1 Å². The summed E-state index contributed by atoms with van der Waals surface area (Å²) >= 11 is 0. The second-order valence-corrected chi connectivity index (χ2v) is 4.83. The highest BCUT2D eigenvalue weighted by Gasteiger charge is 2.11. The van der Waals surface area contributed by atoms with Crippen molar-refractivity contribution in [1.29, 1.82) is 0 Å². The first kappa shape index (κ1) is 15.7. The number of amides is 1. The van der Waals surface area contributed by atoms with E-state index in [0.717, 1.165) is 11.6 Å². The molecule has 0 saturated heterocycles. The van der Waals surface area contributed by atoms with Gasteiger partial charge in [0, 0.05) is 11.1 Å². The molecule has 0 unspecified atom stereocenters. The number of carbonyl (C=O) groups is 1. The standard InChI is InChI=1S/C17H17FN2O2/c1-3-15(14-10-12(18)8-9-16(14)21)19-20-17(22)13-7-5-4-6-11(13)2/h4-10,21H,3H2,1-2H3,(H,20,22)/b19-15+. The molecular formula is C17H17FN2O2. The molecule has 22 heavy (non-hydrogen) atoms. The van der Waals surface area contributed by atoms with E-state index in [0.29, 0.717) is 17.7 Å². The zero-order chi connectivity index (χ0) is 16.1. The lowest BCUT2D eigenvalue weighted by atomic mass is 10.1. The van der Waals surface area contributed by atoms with Crippen LogP contribution in [0.1, 0.15) is 34.8 Å². The molecule has 1 amide bonds. The van der Waals surface area contributed by atoms with E-state index in [1.807, 2.05) is 26.0 Å². The molecule has 0 bridgehead atoms. The Bertz CT molecular complexity index is 726. The maximum absolute atomic E-state index is 13.3. The van der Waals surface area contributed by atoms with Gasteiger partial charge in [0.25, 0.3) is 5.91 Å². The van der Waals surface area contributed by atoms with Crippen molar-refractivity contribution in [3.05, 3.63) is 65.0 Å². The van der Waals surface area contributed by atoms with Gasteiger partial charge in [0.2, 0.25) is 0 Å². The number of halogens is 1. The topological polar surface area (TPSA) is 61.7 Å². The van der Waals surface area contributed by atoms with Crippen LogP contribution >= 0.6 is 0 Å². The monoisotopic (exact) mass is 300 g/mol. The summed E-state index contributed by atoms with van der Waals surface area (Å²) in [6, 6.07) is 10.8. The molecule has 2 aromatic rings. The van der Waals surface area contributed by atoms with Gasteiger partial charge in [-0.2, -0.15) is 5.10 Å². The molecule has 2 aromatic carbocycles. The van der Waals surface area contributed by atoms with E-state index < -0.39 is 5.82 Å². The number of hydrazone groups is 1. The summed E-state index contributed by atoms with van der Waals surface area (Å²) in [4.78, 5) is 12.1. The van der Waals surface area contributed by atoms with Crippen LogP contribution in [0, 0.1) is 12.7 Å². The molecule has 0 heterocycles. The fourth-order valence-electron chi connectivity index (χ4n) is 2.08. The maximum atomic E-state index is 13.3. The number of aryl methyl sites for hydroxylation is 1. The smallest absolute Gasteiger partial charge is 0.271 e. The molecule has 0 spiro atoms. The van der Waals surface area contributed by atoms with Crippen LogP contribution in [0.5, 0.6) is 5.75 Å². The molecule has 0 fully saturated rings. The van der Waals surface area contributed by atoms with Gasteiger partial charge in [0.15, 0.2) is 0 Å². The van der Waals surface area contributed by atoms with Gasteiger partial charge in [-0.3, -0.25) is 4.79 Å². The molecule has 0 radical (unpaired) electrons. The molecule has 0 aliphatic carbocycles. The van der Waals surface area contributed by atoms with Crippen molar-refractivity contribution < 1.29 is 14.3 Å². The fraction of sp³-hybridized carbons (Fsp3) is 0.176. The molecule has 2 rings (SSSR count). The van der Waals surface area contributed by atoms with Gasteiger partial charge in [-0.15, -0.1) is 0 Å². The molecule has 114 valence electrons. The summed E-state index contributed by atoms with van der Waals surface area (Å²) in [6.45, 7) is 3.64. The lowest BCUT2D eigenvalue weighted by Crippen LogP contribution is -2.21. The predicted octanol–water partition coefficient (Wildman–Crippen LogP) is 3.38. The first-order valence-corrected chi connectivity index (χ1v) is 6.94. The van der Waals surface area contributed by atoms with E-state index >= 15 is 0 Å². The van der Waals surface area contributed by atoms with Crippen molar-refractivity contribution in [3.8, 4) is 5.75 Å². The Labute approximate surface area is 128 Å². The molecule has 0 atom stereocenters. The third kappa shape index (κ3) is 3.49. The van der Waals surface area contributed by atoms with Crippen LogP contribution < -0.4 is 5.43 Å². The zero-order valence-electron chi connectivity index (χ0n) is 12.4. The fourth-order valence-corrected chi connectivity index (χ4v) is 2.08. The number of benzene rings is 2. The van der Waals surface area contributed by atoms with Gasteiger partial charge in [0.1, 0.15) is 11.6 Å². The minimum Gasteiger partial charge on any atom is -0.507 e. The Hall–Kier alpha value is -2.69. The molecular weight excluding hydrogens is 283 g/mol. The third-order valence-electron chi connectivity index (χ3n) is 3.29. The van der Waals surface area contributed by atoms with E-state index in [9.17, 15) is 14.3 Å². The molecule has 5 heteroatoms. The van der Waals surface area contributed by atoms with Crippen LogP contribution in [-0.2, 0) is 0 Å². The van der Waals surface area contributed by atoms with Crippen molar-refractivity contribution in [2.45, 2.75) is 20.3 Å². The first-order valence-electron chi connectivity index (χ1n) is 6.94. The number of carbonyl (C=O) groups excluding carboxylic acids is 1. The number of hydrogen-bond acceptors (Lipinski definition) is 3. The Morgan fingerprint density at radius 3 is 2.64 bits per heavy atom. The van der Waals surface area contributed by atoms with Gasteiger partial charge in [0.05, 0.1) is 5.71 Å². The maximum Gasteiger partial charge on any atom is 0.271 e. The Morgan fingerprint density at radius 1 is 1.23 bits per heavy atom. The number of phenolic OH excluding ortho intramolecular Hbond substituents is 1. The molecule has 2 N–H and O–H groups in total. The average Bonchev–Trinajstić information content (AvgIpc) is 2.51. The van der Waals surface area contributed by atoms with Crippen LogP contribution in [0.25, 0.3) is 0 Å². The number of nitrogens with one attached hydrogen (secondary N) is 1. The Balaban J connectivity index is 2.25. The number of rotatable bonds is 4. The van der Waals surface area contributed by atoms with Gasteiger partial charge in [-0.25, -0.2) is 9.82 Å². The van der Waals surface area contributed by atoms with Crippen LogP contribution in [0.2, 0.25) is 0 Å². The quantitative estimate of drug-likeness (QED) is 0.671. The predicted molar refractivity (Wildman–Crippen MR) is 83.5 cm³/mol. The zero-order valence-corrected chi connectivity index (χ0v) is 12.4. The van der Waals surface area contributed by atoms with Crippen LogP contribution in [-0.4, -0.2) is 16.7 Å². The average molecular weight is 300 g/mol.